The molecule has 1 aromatic heterocycles. The van der Waals surface area contributed by atoms with Crippen molar-refractivity contribution in [2.75, 3.05) is 16.8 Å². The van der Waals surface area contributed by atoms with Gasteiger partial charge in [-0.25, -0.2) is 0 Å². The molecule has 0 saturated heterocycles. The zero-order valence-electron chi connectivity index (χ0n) is 16.0. The number of nitrogens with two attached hydrogens (primary N) is 1. The number of hydrogen-bond donors (Lipinski definition) is 2. The third-order valence-electron chi connectivity index (χ3n) is 5.10. The zero-order chi connectivity index (χ0) is 19.6. The Morgan fingerprint density at radius 1 is 1.37 bits per heavy atom. The second-order valence-electron chi connectivity index (χ2n) is 8.03. The molecule has 0 spiro atoms. The maximum absolute atomic E-state index is 12.4. The van der Waals surface area contributed by atoms with Crippen molar-refractivity contribution in [2.24, 2.45) is 11.3 Å². The van der Waals surface area contributed by atoms with E-state index in [0.717, 1.165) is 29.7 Å². The van der Waals surface area contributed by atoms with E-state index < -0.39 is 0 Å². The van der Waals surface area contributed by atoms with E-state index in [1.54, 1.807) is 11.3 Å². The largest absolute Gasteiger partial charge is 0.399 e. The Bertz CT molecular complexity index is 873. The number of nitrogens with zero attached hydrogens (tertiary/aromatic N) is 1. The van der Waals surface area contributed by atoms with E-state index in [-0.39, 0.29) is 11.3 Å². The molecular formula is C21H25N3OS2. The summed E-state index contributed by atoms with van der Waals surface area (Å²) in [5, 5.41) is 13.3. The quantitative estimate of drug-likeness (QED) is 0.555. The van der Waals surface area contributed by atoms with E-state index >= 15 is 0 Å². The Balaban J connectivity index is 1.68. The molecular weight excluding hydrogens is 374 g/mol. The number of rotatable bonds is 4. The van der Waals surface area contributed by atoms with Crippen LogP contribution in [-0.4, -0.2) is 11.7 Å². The fraction of sp³-hybridized carbons (Fsp3) is 0.429. The maximum atomic E-state index is 12.4. The Kier molecular flexibility index (Phi) is 5.83. The number of nitrogen functional groups attached to an aromatic ring is 1. The average Bonchev–Trinajstić information content (AvgIpc) is 2.96. The first-order chi connectivity index (χ1) is 12.8. The van der Waals surface area contributed by atoms with E-state index in [9.17, 15) is 10.1 Å². The van der Waals surface area contributed by atoms with Gasteiger partial charge in [0, 0.05) is 15.5 Å². The number of carbonyl (C=O) groups is 1. The molecule has 1 aliphatic rings. The fourth-order valence-electron chi connectivity index (χ4n) is 3.41. The zero-order valence-corrected chi connectivity index (χ0v) is 17.6. The Labute approximate surface area is 169 Å². The minimum absolute atomic E-state index is 0.0840. The molecule has 0 bridgehead atoms. The Morgan fingerprint density at radius 2 is 2.07 bits per heavy atom. The molecule has 142 valence electrons. The SMILES string of the molecule is CC(C)(C)C1CCc2c(sc(NC(=O)CSc3ccc(N)cc3)c2C#N)C1. The van der Waals surface area contributed by atoms with Gasteiger partial charge >= 0.3 is 0 Å². The van der Waals surface area contributed by atoms with Gasteiger partial charge in [-0.1, -0.05) is 20.8 Å². The third-order valence-corrected chi connectivity index (χ3v) is 7.29. The molecule has 6 heteroatoms. The minimum atomic E-state index is -0.0840. The van der Waals surface area contributed by atoms with Gasteiger partial charge in [-0.15, -0.1) is 23.1 Å². The monoisotopic (exact) mass is 399 g/mol. The van der Waals surface area contributed by atoms with Gasteiger partial charge < -0.3 is 11.1 Å². The summed E-state index contributed by atoms with van der Waals surface area (Å²) >= 11 is 3.04. The number of thioether (sulfide) groups is 1. The van der Waals surface area contributed by atoms with Gasteiger partial charge in [-0.3, -0.25) is 4.79 Å². The summed E-state index contributed by atoms with van der Waals surface area (Å²) in [6.45, 7) is 6.83. The number of nitriles is 1. The molecule has 27 heavy (non-hydrogen) atoms. The predicted octanol–water partition coefficient (Wildman–Crippen LogP) is 5.08. The standard InChI is InChI=1S/C21H25N3OS2/c1-21(2,3)13-4-9-16-17(11-22)20(27-18(16)10-13)24-19(25)12-26-15-7-5-14(23)6-8-15/h5-8,13H,4,9-10,12,23H2,1-3H3,(H,24,25). The first-order valence-electron chi connectivity index (χ1n) is 9.10. The molecule has 0 aliphatic heterocycles. The van der Waals surface area contributed by atoms with Crippen molar-refractivity contribution < 1.29 is 4.79 Å². The molecule has 0 saturated carbocycles. The lowest BCUT2D eigenvalue weighted by Gasteiger charge is -2.33. The lowest BCUT2D eigenvalue weighted by molar-refractivity contribution is -0.113. The lowest BCUT2D eigenvalue weighted by atomic mass is 9.72. The molecule has 1 atom stereocenters. The number of anilines is 2. The first kappa shape index (κ1) is 19.8. The van der Waals surface area contributed by atoms with Crippen LogP contribution in [0.15, 0.2) is 29.2 Å². The number of thiophene rings is 1. The van der Waals surface area contributed by atoms with Crippen molar-refractivity contribution in [1.82, 2.24) is 0 Å². The van der Waals surface area contributed by atoms with Crippen molar-refractivity contribution in [3.8, 4) is 6.07 Å². The van der Waals surface area contributed by atoms with Gasteiger partial charge in [0.15, 0.2) is 0 Å². The van der Waals surface area contributed by atoms with Crippen LogP contribution < -0.4 is 11.1 Å². The number of hydrogen-bond acceptors (Lipinski definition) is 5. The van der Waals surface area contributed by atoms with E-state index in [2.05, 4.69) is 32.2 Å². The summed E-state index contributed by atoms with van der Waals surface area (Å²) in [6, 6.07) is 9.78. The molecule has 1 unspecified atom stereocenters. The van der Waals surface area contributed by atoms with Crippen LogP contribution in [-0.2, 0) is 17.6 Å². The molecule has 0 fully saturated rings. The van der Waals surface area contributed by atoms with Crippen LogP contribution in [0.25, 0.3) is 0 Å². The van der Waals surface area contributed by atoms with Crippen molar-refractivity contribution in [3.63, 3.8) is 0 Å². The molecule has 3 N–H and O–H groups in total. The predicted molar refractivity (Wildman–Crippen MR) is 114 cm³/mol. The lowest BCUT2D eigenvalue weighted by Crippen LogP contribution is -2.26. The Hall–Kier alpha value is -1.97. The molecule has 3 rings (SSSR count). The van der Waals surface area contributed by atoms with Gasteiger partial charge in [0.2, 0.25) is 5.91 Å². The number of nitrogens with one attached hydrogen (secondary N) is 1. The summed E-state index contributed by atoms with van der Waals surface area (Å²) in [4.78, 5) is 14.7. The minimum Gasteiger partial charge on any atom is -0.399 e. The molecule has 0 radical (unpaired) electrons. The van der Waals surface area contributed by atoms with Crippen LogP contribution >= 0.6 is 23.1 Å². The second kappa shape index (κ2) is 7.95. The van der Waals surface area contributed by atoms with E-state index in [1.165, 1.54) is 16.6 Å². The van der Waals surface area contributed by atoms with Crippen LogP contribution in [0.2, 0.25) is 0 Å². The highest BCUT2D eigenvalue weighted by Gasteiger charge is 2.32. The molecule has 1 heterocycles. The van der Waals surface area contributed by atoms with Gasteiger partial charge in [0.1, 0.15) is 11.1 Å². The van der Waals surface area contributed by atoms with Crippen molar-refractivity contribution in [1.29, 1.82) is 5.26 Å². The fourth-order valence-corrected chi connectivity index (χ4v) is 5.40. The van der Waals surface area contributed by atoms with E-state index in [4.69, 9.17) is 5.73 Å². The van der Waals surface area contributed by atoms with Crippen LogP contribution in [0, 0.1) is 22.7 Å². The van der Waals surface area contributed by atoms with Crippen LogP contribution in [0.3, 0.4) is 0 Å². The highest BCUT2D eigenvalue weighted by molar-refractivity contribution is 8.00. The average molecular weight is 400 g/mol. The second-order valence-corrected chi connectivity index (χ2v) is 10.2. The molecule has 1 amide bonds. The summed E-state index contributed by atoms with van der Waals surface area (Å²) in [5.74, 6) is 0.834. The number of carbonyl (C=O) groups excluding carboxylic acids is 1. The van der Waals surface area contributed by atoms with Crippen LogP contribution in [0.5, 0.6) is 0 Å². The maximum Gasteiger partial charge on any atom is 0.235 e. The normalized spacial score (nSPS) is 16.4. The number of amides is 1. The molecule has 1 aromatic carbocycles. The number of benzene rings is 1. The summed E-state index contributed by atoms with van der Waals surface area (Å²) < 4.78 is 0. The van der Waals surface area contributed by atoms with E-state index in [1.807, 2.05) is 24.3 Å². The van der Waals surface area contributed by atoms with Gasteiger partial charge in [-0.05, 0) is 60.4 Å². The topological polar surface area (TPSA) is 78.9 Å². The smallest absolute Gasteiger partial charge is 0.235 e. The van der Waals surface area contributed by atoms with Crippen molar-refractivity contribution >= 4 is 39.7 Å². The summed E-state index contributed by atoms with van der Waals surface area (Å²) in [6.07, 6.45) is 3.02. The van der Waals surface area contributed by atoms with Crippen LogP contribution in [0.4, 0.5) is 10.7 Å². The molecule has 1 aliphatic carbocycles. The highest BCUT2D eigenvalue weighted by atomic mass is 32.2. The van der Waals surface area contributed by atoms with E-state index in [0.29, 0.717) is 27.9 Å². The summed E-state index contributed by atoms with van der Waals surface area (Å²) in [5.41, 5.74) is 8.45. The first-order valence-corrected chi connectivity index (χ1v) is 10.9. The van der Waals surface area contributed by atoms with Gasteiger partial charge in [0.05, 0.1) is 11.3 Å². The van der Waals surface area contributed by atoms with Crippen molar-refractivity contribution in [2.45, 2.75) is 44.9 Å². The molecule has 4 nitrogen and oxygen atoms in total. The third kappa shape index (κ3) is 4.66. The van der Waals surface area contributed by atoms with Gasteiger partial charge in [0.25, 0.3) is 0 Å². The number of fused-ring (bicyclic) bond motifs is 1. The van der Waals surface area contributed by atoms with Crippen molar-refractivity contribution in [3.05, 3.63) is 40.3 Å². The summed E-state index contributed by atoms with van der Waals surface area (Å²) in [7, 11) is 0. The van der Waals surface area contributed by atoms with Gasteiger partial charge in [-0.2, -0.15) is 5.26 Å². The highest BCUT2D eigenvalue weighted by Crippen LogP contribution is 2.44. The van der Waals surface area contributed by atoms with Crippen LogP contribution in [0.1, 0.15) is 43.2 Å². The molecule has 2 aromatic rings. The Morgan fingerprint density at radius 3 is 2.70 bits per heavy atom.